The van der Waals surface area contributed by atoms with Crippen LogP contribution in [-0.4, -0.2) is 24.6 Å². The minimum atomic E-state index is -0.0453. The number of hydrogen-bond acceptors (Lipinski definition) is 3. The summed E-state index contributed by atoms with van der Waals surface area (Å²) in [5.74, 6) is 0.888. The SMILES string of the molecule is CCC(C)Oc1ccc(NC(=O)C2CCCN2)cc1. The number of carbonyl (C=O) groups is 1. The molecule has 2 unspecified atom stereocenters. The molecule has 1 fully saturated rings. The highest BCUT2D eigenvalue weighted by Gasteiger charge is 2.21. The Labute approximate surface area is 114 Å². The third-order valence-electron chi connectivity index (χ3n) is 3.41. The number of amides is 1. The predicted molar refractivity (Wildman–Crippen MR) is 76.5 cm³/mol. The van der Waals surface area contributed by atoms with Crippen LogP contribution in [-0.2, 0) is 4.79 Å². The van der Waals surface area contributed by atoms with Gasteiger partial charge in [-0.3, -0.25) is 4.79 Å². The van der Waals surface area contributed by atoms with Gasteiger partial charge in [-0.25, -0.2) is 0 Å². The van der Waals surface area contributed by atoms with Gasteiger partial charge in [0.05, 0.1) is 12.1 Å². The van der Waals surface area contributed by atoms with Crippen LogP contribution in [0.4, 0.5) is 5.69 Å². The van der Waals surface area contributed by atoms with Crippen molar-refractivity contribution in [3.05, 3.63) is 24.3 Å². The van der Waals surface area contributed by atoms with Gasteiger partial charge in [-0.2, -0.15) is 0 Å². The Morgan fingerprint density at radius 1 is 1.47 bits per heavy atom. The second-order valence-electron chi connectivity index (χ2n) is 5.00. The summed E-state index contributed by atoms with van der Waals surface area (Å²) in [5, 5.41) is 6.11. The van der Waals surface area contributed by atoms with Gasteiger partial charge in [0.25, 0.3) is 0 Å². The van der Waals surface area contributed by atoms with E-state index in [2.05, 4.69) is 17.6 Å². The van der Waals surface area contributed by atoms with Crippen molar-refractivity contribution in [3.63, 3.8) is 0 Å². The minimum Gasteiger partial charge on any atom is -0.491 e. The summed E-state index contributed by atoms with van der Waals surface area (Å²) < 4.78 is 5.70. The monoisotopic (exact) mass is 262 g/mol. The van der Waals surface area contributed by atoms with Crippen LogP contribution in [0.25, 0.3) is 0 Å². The highest BCUT2D eigenvalue weighted by molar-refractivity contribution is 5.95. The summed E-state index contributed by atoms with van der Waals surface area (Å²) in [5.41, 5.74) is 0.815. The first kappa shape index (κ1) is 13.9. The van der Waals surface area contributed by atoms with Gasteiger partial charge in [0.1, 0.15) is 5.75 Å². The molecule has 0 spiro atoms. The molecule has 1 aromatic carbocycles. The zero-order valence-corrected chi connectivity index (χ0v) is 11.6. The average molecular weight is 262 g/mol. The van der Waals surface area contributed by atoms with Crippen molar-refractivity contribution < 1.29 is 9.53 Å². The molecule has 2 rings (SSSR count). The normalized spacial score (nSPS) is 20.0. The largest absolute Gasteiger partial charge is 0.491 e. The van der Waals surface area contributed by atoms with Crippen molar-refractivity contribution in [2.45, 2.75) is 45.3 Å². The summed E-state index contributed by atoms with van der Waals surface area (Å²) in [6.45, 7) is 5.06. The summed E-state index contributed by atoms with van der Waals surface area (Å²) in [7, 11) is 0. The van der Waals surface area contributed by atoms with E-state index in [-0.39, 0.29) is 18.1 Å². The summed E-state index contributed by atoms with van der Waals surface area (Å²) in [4.78, 5) is 11.9. The van der Waals surface area contributed by atoms with Crippen molar-refractivity contribution >= 4 is 11.6 Å². The number of carbonyl (C=O) groups excluding carboxylic acids is 1. The molecule has 0 saturated carbocycles. The number of nitrogens with one attached hydrogen (secondary N) is 2. The standard InChI is InChI=1S/C15H22N2O2/c1-3-11(2)19-13-8-6-12(7-9-13)17-15(18)14-5-4-10-16-14/h6-9,11,14,16H,3-5,10H2,1-2H3,(H,17,18). The van der Waals surface area contributed by atoms with E-state index in [4.69, 9.17) is 4.74 Å². The lowest BCUT2D eigenvalue weighted by atomic mass is 10.2. The molecule has 0 bridgehead atoms. The first-order chi connectivity index (χ1) is 9.19. The first-order valence-electron chi connectivity index (χ1n) is 7.00. The van der Waals surface area contributed by atoms with Gasteiger partial charge in [0.15, 0.2) is 0 Å². The Balaban J connectivity index is 1.89. The first-order valence-corrected chi connectivity index (χ1v) is 7.00. The molecule has 4 nitrogen and oxygen atoms in total. The third-order valence-corrected chi connectivity index (χ3v) is 3.41. The van der Waals surface area contributed by atoms with E-state index in [1.54, 1.807) is 0 Å². The molecule has 0 radical (unpaired) electrons. The van der Waals surface area contributed by atoms with Crippen molar-refractivity contribution in [1.29, 1.82) is 0 Å². The fourth-order valence-electron chi connectivity index (χ4n) is 2.07. The van der Waals surface area contributed by atoms with Gasteiger partial charge < -0.3 is 15.4 Å². The molecule has 1 aromatic rings. The van der Waals surface area contributed by atoms with Crippen LogP contribution in [0.15, 0.2) is 24.3 Å². The number of hydrogen-bond donors (Lipinski definition) is 2. The van der Waals surface area contributed by atoms with Crippen LogP contribution >= 0.6 is 0 Å². The zero-order chi connectivity index (χ0) is 13.7. The fraction of sp³-hybridized carbons (Fsp3) is 0.533. The van der Waals surface area contributed by atoms with E-state index in [9.17, 15) is 4.79 Å². The van der Waals surface area contributed by atoms with E-state index in [0.29, 0.717) is 0 Å². The predicted octanol–water partition coefficient (Wildman–Crippen LogP) is 2.55. The maximum atomic E-state index is 11.9. The third kappa shape index (κ3) is 3.96. The smallest absolute Gasteiger partial charge is 0.241 e. The summed E-state index contributed by atoms with van der Waals surface area (Å²) >= 11 is 0. The number of rotatable bonds is 5. The highest BCUT2D eigenvalue weighted by atomic mass is 16.5. The number of anilines is 1. The topological polar surface area (TPSA) is 50.4 Å². The maximum Gasteiger partial charge on any atom is 0.241 e. The van der Waals surface area contributed by atoms with Crippen LogP contribution in [0.5, 0.6) is 5.75 Å². The summed E-state index contributed by atoms with van der Waals surface area (Å²) in [6.07, 6.45) is 3.18. The van der Waals surface area contributed by atoms with Gasteiger partial charge in [-0.1, -0.05) is 6.92 Å². The van der Waals surface area contributed by atoms with Crippen LogP contribution in [0, 0.1) is 0 Å². The van der Waals surface area contributed by atoms with Gasteiger partial charge in [0, 0.05) is 5.69 Å². The quantitative estimate of drug-likeness (QED) is 0.857. The van der Waals surface area contributed by atoms with E-state index in [0.717, 1.165) is 37.2 Å². The van der Waals surface area contributed by atoms with Crippen LogP contribution in [0.1, 0.15) is 33.1 Å². The highest BCUT2D eigenvalue weighted by Crippen LogP contribution is 2.18. The van der Waals surface area contributed by atoms with Crippen molar-refractivity contribution in [1.82, 2.24) is 5.32 Å². The molecule has 1 saturated heterocycles. The van der Waals surface area contributed by atoms with Crippen LogP contribution in [0.2, 0.25) is 0 Å². The lowest BCUT2D eigenvalue weighted by Gasteiger charge is -2.14. The average Bonchev–Trinajstić information content (AvgIpc) is 2.95. The lowest BCUT2D eigenvalue weighted by Crippen LogP contribution is -2.35. The Morgan fingerprint density at radius 2 is 2.21 bits per heavy atom. The van der Waals surface area contributed by atoms with Crippen molar-refractivity contribution in [2.75, 3.05) is 11.9 Å². The van der Waals surface area contributed by atoms with Crippen molar-refractivity contribution in [2.24, 2.45) is 0 Å². The summed E-state index contributed by atoms with van der Waals surface area (Å²) in [6, 6.07) is 7.50. The van der Waals surface area contributed by atoms with Crippen LogP contribution in [0.3, 0.4) is 0 Å². The van der Waals surface area contributed by atoms with E-state index in [1.165, 1.54) is 0 Å². The Hall–Kier alpha value is -1.55. The molecule has 1 aliphatic heterocycles. The molecule has 2 atom stereocenters. The molecule has 104 valence electrons. The molecule has 0 aromatic heterocycles. The van der Waals surface area contributed by atoms with E-state index >= 15 is 0 Å². The Kier molecular flexibility index (Phi) is 4.80. The van der Waals surface area contributed by atoms with Gasteiger partial charge in [-0.15, -0.1) is 0 Å². The minimum absolute atomic E-state index is 0.0453. The molecule has 4 heteroatoms. The van der Waals surface area contributed by atoms with Gasteiger partial charge in [0.2, 0.25) is 5.91 Å². The molecule has 1 aliphatic rings. The number of benzene rings is 1. The van der Waals surface area contributed by atoms with Gasteiger partial charge in [-0.05, 0) is 57.0 Å². The molecule has 0 aliphatic carbocycles. The lowest BCUT2D eigenvalue weighted by molar-refractivity contribution is -0.117. The second kappa shape index (κ2) is 6.57. The maximum absolute atomic E-state index is 11.9. The fourth-order valence-corrected chi connectivity index (χ4v) is 2.07. The molecule has 1 heterocycles. The molecular weight excluding hydrogens is 240 g/mol. The molecule has 19 heavy (non-hydrogen) atoms. The molecule has 2 N–H and O–H groups in total. The van der Waals surface area contributed by atoms with Crippen molar-refractivity contribution in [3.8, 4) is 5.75 Å². The zero-order valence-electron chi connectivity index (χ0n) is 11.6. The molecule has 1 amide bonds. The molecular formula is C15H22N2O2. The van der Waals surface area contributed by atoms with Crippen LogP contribution < -0.4 is 15.4 Å². The van der Waals surface area contributed by atoms with E-state index < -0.39 is 0 Å². The van der Waals surface area contributed by atoms with Gasteiger partial charge >= 0.3 is 0 Å². The second-order valence-corrected chi connectivity index (χ2v) is 5.00. The number of ether oxygens (including phenoxy) is 1. The van der Waals surface area contributed by atoms with E-state index in [1.807, 2.05) is 31.2 Å². The Morgan fingerprint density at radius 3 is 2.79 bits per heavy atom. The Bertz CT molecular complexity index is 411.